The fourth-order valence-corrected chi connectivity index (χ4v) is 3.84. The van der Waals surface area contributed by atoms with Crippen molar-refractivity contribution in [3.8, 4) is 5.95 Å². The fraction of sp³-hybridized carbons (Fsp3) is 0.500. The van der Waals surface area contributed by atoms with Crippen LogP contribution in [0.1, 0.15) is 37.3 Å². The van der Waals surface area contributed by atoms with Gasteiger partial charge in [-0.2, -0.15) is 14.8 Å². The van der Waals surface area contributed by atoms with E-state index in [9.17, 15) is 9.18 Å². The third-order valence-electron chi connectivity index (χ3n) is 5.49. The van der Waals surface area contributed by atoms with Gasteiger partial charge in [0.1, 0.15) is 5.82 Å². The van der Waals surface area contributed by atoms with E-state index in [1.54, 1.807) is 10.7 Å². The summed E-state index contributed by atoms with van der Waals surface area (Å²) in [5.74, 6) is 0.741. The number of halogens is 1. The van der Waals surface area contributed by atoms with Crippen molar-refractivity contribution in [2.75, 3.05) is 33.3 Å². The number of alkyl carbamates (subject to hydrolysis) is 1. The number of carbonyl (C=O) groups excluding carboxylic acids is 1. The largest absolute Gasteiger partial charge is 0.453 e. The quantitative estimate of drug-likeness (QED) is 0.660. The number of nitrogens with zero attached hydrogens (tertiary/aromatic N) is 5. The highest BCUT2D eigenvalue weighted by atomic mass is 19.1. The van der Waals surface area contributed by atoms with Crippen LogP contribution in [0.5, 0.6) is 0 Å². The number of methoxy groups -OCH3 is 1. The maximum atomic E-state index is 13.8. The number of rotatable bonds is 6. The molecule has 1 N–H and O–H groups in total. The maximum Gasteiger partial charge on any atom is 0.406 e. The summed E-state index contributed by atoms with van der Waals surface area (Å²) in [5, 5.41) is 12.2. The van der Waals surface area contributed by atoms with Crippen molar-refractivity contribution in [2.24, 2.45) is 0 Å². The number of carbonyl (C=O) groups is 1. The van der Waals surface area contributed by atoms with E-state index in [-0.39, 0.29) is 11.7 Å². The fourth-order valence-electron chi connectivity index (χ4n) is 3.84. The van der Waals surface area contributed by atoms with Crippen LogP contribution in [0.25, 0.3) is 16.9 Å². The number of hydrogen-bond donors (Lipinski definition) is 1. The average molecular weight is 416 g/mol. The summed E-state index contributed by atoms with van der Waals surface area (Å²) in [4.78, 5) is 18.0. The second-order valence-corrected chi connectivity index (χ2v) is 7.34. The predicted octanol–water partition coefficient (Wildman–Crippen LogP) is 2.65. The first kappa shape index (κ1) is 20.3. The molecule has 9 nitrogen and oxygen atoms in total. The van der Waals surface area contributed by atoms with Gasteiger partial charge in [-0.3, -0.25) is 0 Å². The van der Waals surface area contributed by atoms with Crippen molar-refractivity contribution in [1.29, 1.82) is 0 Å². The van der Waals surface area contributed by atoms with Gasteiger partial charge in [0.2, 0.25) is 5.89 Å². The van der Waals surface area contributed by atoms with E-state index in [1.807, 2.05) is 6.92 Å². The molecular weight excluding hydrogens is 391 g/mol. The molecule has 10 heteroatoms. The lowest BCUT2D eigenvalue weighted by Crippen LogP contribution is -2.39. The van der Waals surface area contributed by atoms with E-state index < -0.39 is 6.09 Å². The van der Waals surface area contributed by atoms with Gasteiger partial charge in [-0.25, -0.2) is 9.18 Å². The minimum absolute atomic E-state index is 0.167. The number of likely N-dealkylation sites (tertiary alicyclic amines) is 1. The van der Waals surface area contributed by atoms with Gasteiger partial charge in [0.25, 0.3) is 5.95 Å². The predicted molar refractivity (Wildman–Crippen MR) is 107 cm³/mol. The van der Waals surface area contributed by atoms with E-state index in [2.05, 4.69) is 30.2 Å². The minimum atomic E-state index is -0.416. The van der Waals surface area contributed by atoms with Gasteiger partial charge in [0.05, 0.1) is 18.3 Å². The van der Waals surface area contributed by atoms with Gasteiger partial charge in [0.15, 0.2) is 0 Å². The molecule has 1 saturated heterocycles. The summed E-state index contributed by atoms with van der Waals surface area (Å²) in [6, 6.07) is 4.61. The second kappa shape index (κ2) is 8.78. The highest BCUT2D eigenvalue weighted by molar-refractivity contribution is 5.83. The standard InChI is InChI=1S/C20H25FN6O3/c1-3-16-15-5-4-14(21)12-17(15)27(24-16)19-23-18(30-25-19)13-6-9-26(10-7-13)11-8-22-20(28)29-2/h4-5,12-13H,3,6-11H2,1-2H3,(H,22,28). The van der Waals surface area contributed by atoms with Crippen LogP contribution in [-0.4, -0.2) is 64.2 Å². The molecule has 0 radical (unpaired) electrons. The Morgan fingerprint density at radius 3 is 2.90 bits per heavy atom. The van der Waals surface area contributed by atoms with Gasteiger partial charge in [0, 0.05) is 30.5 Å². The van der Waals surface area contributed by atoms with Crippen molar-refractivity contribution in [2.45, 2.75) is 32.1 Å². The highest BCUT2D eigenvalue weighted by Gasteiger charge is 2.26. The van der Waals surface area contributed by atoms with Gasteiger partial charge < -0.3 is 19.5 Å². The number of aryl methyl sites for hydroxylation is 1. The molecule has 3 aromatic rings. The Balaban J connectivity index is 1.43. The molecule has 4 rings (SSSR count). The Labute approximate surface area is 173 Å². The number of aromatic nitrogens is 4. The van der Waals surface area contributed by atoms with Gasteiger partial charge in [-0.1, -0.05) is 6.92 Å². The summed E-state index contributed by atoms with van der Waals surface area (Å²) in [6.45, 7) is 5.07. The molecule has 1 aliphatic heterocycles. The van der Waals surface area contributed by atoms with Crippen LogP contribution >= 0.6 is 0 Å². The molecule has 1 fully saturated rings. The molecule has 1 aliphatic rings. The first-order valence-corrected chi connectivity index (χ1v) is 10.1. The number of ether oxygens (including phenoxy) is 1. The number of nitrogens with one attached hydrogen (secondary N) is 1. The molecule has 0 bridgehead atoms. The average Bonchev–Trinajstić information content (AvgIpc) is 3.38. The molecule has 2 aromatic heterocycles. The number of amides is 1. The topological polar surface area (TPSA) is 98.3 Å². The number of benzene rings is 1. The molecule has 0 unspecified atom stereocenters. The van der Waals surface area contributed by atoms with E-state index in [0.717, 1.165) is 50.0 Å². The van der Waals surface area contributed by atoms with E-state index >= 15 is 0 Å². The van der Waals surface area contributed by atoms with Crippen LogP contribution in [0.2, 0.25) is 0 Å². The van der Waals surface area contributed by atoms with Crippen LogP contribution < -0.4 is 5.32 Å². The Hall–Kier alpha value is -3.01. The zero-order chi connectivity index (χ0) is 21.1. The molecule has 160 valence electrons. The molecule has 0 atom stereocenters. The number of hydrogen-bond acceptors (Lipinski definition) is 7. The number of fused-ring (bicyclic) bond motifs is 1. The molecule has 0 spiro atoms. The van der Waals surface area contributed by atoms with Crippen LogP contribution in [0, 0.1) is 5.82 Å². The third kappa shape index (κ3) is 4.13. The molecule has 30 heavy (non-hydrogen) atoms. The first-order valence-electron chi connectivity index (χ1n) is 10.1. The summed E-state index contributed by atoms with van der Waals surface area (Å²) in [6.07, 6.45) is 2.08. The lowest BCUT2D eigenvalue weighted by molar-refractivity contribution is 0.164. The molecular formula is C20H25FN6O3. The SMILES string of the molecule is CCc1nn(-c2noc(C3CCN(CCNC(=O)OC)CC3)n2)c2cc(F)ccc12. The smallest absolute Gasteiger partial charge is 0.406 e. The second-order valence-electron chi connectivity index (χ2n) is 7.34. The Morgan fingerprint density at radius 1 is 1.37 bits per heavy atom. The summed E-state index contributed by atoms with van der Waals surface area (Å²) in [5.41, 5.74) is 1.50. The van der Waals surface area contributed by atoms with Crippen molar-refractivity contribution >= 4 is 17.0 Å². The third-order valence-corrected chi connectivity index (χ3v) is 5.49. The number of piperidine rings is 1. The highest BCUT2D eigenvalue weighted by Crippen LogP contribution is 2.28. The lowest BCUT2D eigenvalue weighted by Gasteiger charge is -2.30. The minimum Gasteiger partial charge on any atom is -0.453 e. The Morgan fingerprint density at radius 2 is 2.17 bits per heavy atom. The zero-order valence-corrected chi connectivity index (χ0v) is 17.1. The van der Waals surface area contributed by atoms with Gasteiger partial charge in [-0.05, 0) is 49.6 Å². The molecule has 1 aromatic carbocycles. The van der Waals surface area contributed by atoms with Crippen LogP contribution in [0.15, 0.2) is 22.7 Å². The first-order chi connectivity index (χ1) is 14.6. The van der Waals surface area contributed by atoms with E-state index in [1.165, 1.54) is 19.2 Å². The zero-order valence-electron chi connectivity index (χ0n) is 17.1. The lowest BCUT2D eigenvalue weighted by atomic mass is 9.97. The summed E-state index contributed by atoms with van der Waals surface area (Å²) < 4.78 is 25.5. The Bertz CT molecular complexity index is 1020. The van der Waals surface area contributed by atoms with Gasteiger partial charge >= 0.3 is 6.09 Å². The summed E-state index contributed by atoms with van der Waals surface area (Å²) in [7, 11) is 1.35. The van der Waals surface area contributed by atoms with Crippen LogP contribution in [-0.2, 0) is 11.2 Å². The normalized spacial score (nSPS) is 15.6. The maximum absolute atomic E-state index is 13.8. The summed E-state index contributed by atoms with van der Waals surface area (Å²) >= 11 is 0. The van der Waals surface area contributed by atoms with E-state index in [0.29, 0.717) is 23.9 Å². The van der Waals surface area contributed by atoms with E-state index in [4.69, 9.17) is 4.52 Å². The van der Waals surface area contributed by atoms with Crippen molar-refractivity contribution in [3.63, 3.8) is 0 Å². The van der Waals surface area contributed by atoms with Crippen molar-refractivity contribution in [1.82, 2.24) is 30.1 Å². The molecule has 0 aliphatic carbocycles. The molecule has 1 amide bonds. The van der Waals surface area contributed by atoms with Crippen molar-refractivity contribution < 1.29 is 18.4 Å². The molecule has 3 heterocycles. The van der Waals surface area contributed by atoms with Crippen molar-refractivity contribution in [3.05, 3.63) is 35.6 Å². The van der Waals surface area contributed by atoms with Crippen LogP contribution in [0.4, 0.5) is 9.18 Å². The van der Waals surface area contributed by atoms with Gasteiger partial charge in [-0.15, -0.1) is 0 Å². The monoisotopic (exact) mass is 416 g/mol. The van der Waals surface area contributed by atoms with Crippen LogP contribution in [0.3, 0.4) is 0 Å². The Kier molecular flexibility index (Phi) is 5.93. The molecule has 0 saturated carbocycles.